The maximum absolute atomic E-state index is 6.64. The molecule has 0 spiro atoms. The molecule has 0 bridgehead atoms. The Morgan fingerprint density at radius 3 is 2.53 bits per heavy atom. The second-order valence-electron chi connectivity index (χ2n) is 11.1. The normalized spacial score (nSPS) is 30.1. The van der Waals surface area contributed by atoms with Gasteiger partial charge in [0.25, 0.3) is 0 Å². The summed E-state index contributed by atoms with van der Waals surface area (Å²) in [6.45, 7) is 20.6. The fourth-order valence-electron chi connectivity index (χ4n) is 4.37. The van der Waals surface area contributed by atoms with Crippen molar-refractivity contribution in [2.24, 2.45) is 0 Å². The zero-order chi connectivity index (χ0) is 25.0. The number of ether oxygens (including phenoxy) is 4. The van der Waals surface area contributed by atoms with E-state index < -0.39 is 14.1 Å². The minimum atomic E-state index is -1.92. The molecule has 0 unspecified atom stereocenters. The first-order valence-electron chi connectivity index (χ1n) is 12.5. The molecule has 0 N–H and O–H groups in total. The van der Waals surface area contributed by atoms with Gasteiger partial charge >= 0.3 is 0 Å². The number of hydrogen-bond acceptors (Lipinski definition) is 5. The highest BCUT2D eigenvalue weighted by Gasteiger charge is 2.51. The average molecular weight is 489 g/mol. The number of rotatable bonds is 10. The lowest BCUT2D eigenvalue weighted by Crippen LogP contribution is -2.60. The zero-order valence-electron chi connectivity index (χ0n) is 22.0. The summed E-state index contributed by atoms with van der Waals surface area (Å²) < 4.78 is 32.1. The number of fused-ring (bicyclic) bond motifs is 1. The summed E-state index contributed by atoms with van der Waals surface area (Å²) in [6, 6.07) is 10.2. The molecule has 0 amide bonds. The van der Waals surface area contributed by atoms with Crippen molar-refractivity contribution in [3.8, 4) is 0 Å². The van der Waals surface area contributed by atoms with Gasteiger partial charge in [-0.3, -0.25) is 0 Å². The molecule has 1 aromatic rings. The molecule has 190 valence electrons. The molecule has 0 radical (unpaired) electrons. The van der Waals surface area contributed by atoms with Gasteiger partial charge in [0.1, 0.15) is 18.3 Å². The highest BCUT2D eigenvalue weighted by Crippen LogP contribution is 2.43. The molecule has 2 fully saturated rings. The molecular weight excluding hydrogens is 444 g/mol. The van der Waals surface area contributed by atoms with E-state index in [1.165, 1.54) is 0 Å². The third-order valence-electron chi connectivity index (χ3n) is 7.72. The lowest BCUT2D eigenvalue weighted by Gasteiger charge is -2.51. The molecule has 1 aromatic carbocycles. The van der Waals surface area contributed by atoms with Crippen molar-refractivity contribution in [2.45, 2.75) is 101 Å². The van der Waals surface area contributed by atoms with E-state index in [1.807, 2.05) is 24.3 Å². The molecule has 34 heavy (non-hydrogen) atoms. The van der Waals surface area contributed by atoms with E-state index in [0.29, 0.717) is 13.2 Å². The smallest absolute Gasteiger partial charge is 0.192 e. The Bertz CT molecular complexity index is 818. The third kappa shape index (κ3) is 6.28. The van der Waals surface area contributed by atoms with E-state index in [4.69, 9.17) is 23.4 Å². The van der Waals surface area contributed by atoms with Gasteiger partial charge in [0, 0.05) is 20.0 Å². The van der Waals surface area contributed by atoms with Gasteiger partial charge in [0.05, 0.1) is 19.3 Å². The largest absolute Gasteiger partial charge is 0.414 e. The van der Waals surface area contributed by atoms with Crippen LogP contribution in [0.25, 0.3) is 0 Å². The van der Waals surface area contributed by atoms with E-state index in [2.05, 4.69) is 59.2 Å². The van der Waals surface area contributed by atoms with Crippen LogP contribution in [0.1, 0.15) is 52.0 Å². The summed E-state index contributed by atoms with van der Waals surface area (Å²) in [6.07, 6.45) is 4.21. The highest BCUT2D eigenvalue weighted by atomic mass is 28.4. The molecule has 5 atom stereocenters. The first-order valence-corrected chi connectivity index (χ1v) is 15.4. The Kier molecular flexibility index (Phi) is 8.99. The lowest BCUT2D eigenvalue weighted by atomic mass is 9.86. The summed E-state index contributed by atoms with van der Waals surface area (Å²) in [4.78, 5) is 0. The van der Waals surface area contributed by atoms with Gasteiger partial charge in [-0.15, -0.1) is 6.58 Å². The van der Waals surface area contributed by atoms with Crippen LogP contribution in [0.4, 0.5) is 0 Å². The number of benzene rings is 1. The summed E-state index contributed by atoms with van der Waals surface area (Å²) in [7, 11) is -0.202. The average Bonchev–Trinajstić information content (AvgIpc) is 2.81. The van der Waals surface area contributed by atoms with E-state index in [9.17, 15) is 0 Å². The van der Waals surface area contributed by atoms with Gasteiger partial charge < -0.3 is 23.4 Å². The predicted octanol–water partition coefficient (Wildman–Crippen LogP) is 6.41. The minimum Gasteiger partial charge on any atom is -0.414 e. The van der Waals surface area contributed by atoms with Gasteiger partial charge in [0.15, 0.2) is 14.1 Å². The zero-order valence-corrected chi connectivity index (χ0v) is 23.0. The topological polar surface area (TPSA) is 46.2 Å². The quantitative estimate of drug-likeness (QED) is 0.281. The van der Waals surface area contributed by atoms with Crippen molar-refractivity contribution in [1.82, 2.24) is 0 Å². The summed E-state index contributed by atoms with van der Waals surface area (Å²) in [5.41, 5.74) is 2.00. The van der Waals surface area contributed by atoms with Crippen LogP contribution in [0.15, 0.2) is 55.1 Å². The van der Waals surface area contributed by atoms with Crippen LogP contribution in [0, 0.1) is 0 Å². The van der Waals surface area contributed by atoms with Crippen LogP contribution in [-0.2, 0) is 30.0 Å². The van der Waals surface area contributed by atoms with Crippen molar-refractivity contribution in [1.29, 1.82) is 0 Å². The second kappa shape index (κ2) is 11.2. The molecule has 0 aliphatic carbocycles. The fraction of sp³-hybridized carbons (Fsp3) is 0.643. The van der Waals surface area contributed by atoms with Crippen LogP contribution in [0.5, 0.6) is 0 Å². The first-order chi connectivity index (χ1) is 16.0. The summed E-state index contributed by atoms with van der Waals surface area (Å²) in [5.74, 6) is -0.655. The van der Waals surface area contributed by atoms with Gasteiger partial charge in [0.2, 0.25) is 0 Å². The van der Waals surface area contributed by atoms with Gasteiger partial charge in [-0.25, -0.2) is 0 Å². The maximum atomic E-state index is 6.64. The Morgan fingerprint density at radius 1 is 1.21 bits per heavy atom. The number of methoxy groups -OCH3 is 1. The van der Waals surface area contributed by atoms with Crippen molar-refractivity contribution < 1.29 is 23.4 Å². The van der Waals surface area contributed by atoms with E-state index >= 15 is 0 Å². The van der Waals surface area contributed by atoms with Crippen molar-refractivity contribution in [2.75, 3.05) is 13.7 Å². The number of hydrogen-bond donors (Lipinski definition) is 0. The predicted molar refractivity (Wildman–Crippen MR) is 139 cm³/mol. The molecular formula is C28H44O5Si. The molecule has 2 aliphatic rings. The first kappa shape index (κ1) is 27.3. The minimum absolute atomic E-state index is 0.0914. The maximum Gasteiger partial charge on any atom is 0.192 e. The molecule has 6 heteroatoms. The van der Waals surface area contributed by atoms with Crippen LogP contribution < -0.4 is 0 Å². The van der Waals surface area contributed by atoms with Gasteiger partial charge in [-0.2, -0.15) is 0 Å². The Hall–Kier alpha value is -1.28. The van der Waals surface area contributed by atoms with Crippen LogP contribution in [0.2, 0.25) is 18.1 Å². The summed E-state index contributed by atoms with van der Waals surface area (Å²) >= 11 is 0. The molecule has 2 aliphatic heterocycles. The van der Waals surface area contributed by atoms with Crippen LogP contribution >= 0.6 is 0 Å². The summed E-state index contributed by atoms with van der Waals surface area (Å²) in [5, 5.41) is 0.131. The Morgan fingerprint density at radius 2 is 1.91 bits per heavy atom. The van der Waals surface area contributed by atoms with Crippen LogP contribution in [0.3, 0.4) is 0 Å². The van der Waals surface area contributed by atoms with E-state index in [1.54, 1.807) is 7.11 Å². The third-order valence-corrected chi connectivity index (χ3v) is 12.2. The number of allylic oxidation sites excluding steroid dienone is 1. The monoisotopic (exact) mass is 488 g/mol. The fourth-order valence-corrected chi connectivity index (χ4v) is 5.37. The molecule has 5 nitrogen and oxygen atoms in total. The van der Waals surface area contributed by atoms with E-state index in [-0.39, 0.29) is 29.5 Å². The standard InChI is InChI=1S/C28H44O5Si/c1-9-10-17-28(29-6)18-16-23-26(33-28)25(30-19-22-14-12-11-13-15-22)21(2)24(32-23)20-31-34(7,8)27(3,4)5/h9,11-15,23-26H,1-2,10,16-20H2,3-8H3/t23-,24-,25-,26-,28-/m1/s1. The Balaban J connectivity index is 1.79. The van der Waals surface area contributed by atoms with Gasteiger partial charge in [-0.05, 0) is 42.1 Å². The lowest BCUT2D eigenvalue weighted by molar-refractivity contribution is -0.324. The Labute approximate surface area is 207 Å². The molecule has 0 saturated carbocycles. The van der Waals surface area contributed by atoms with Crippen molar-refractivity contribution >= 4 is 8.32 Å². The second-order valence-corrected chi connectivity index (χ2v) is 15.9. The SMILES string of the molecule is C=CCC[C@]1(OC)CC[C@H]2O[C@H](CO[Si](C)(C)C(C)(C)C)C(=C)[C@@H](OCc3ccccc3)[C@@H]2O1. The van der Waals surface area contributed by atoms with E-state index in [0.717, 1.165) is 36.8 Å². The van der Waals surface area contributed by atoms with Crippen molar-refractivity contribution in [3.05, 3.63) is 60.7 Å². The highest BCUT2D eigenvalue weighted by molar-refractivity contribution is 6.74. The van der Waals surface area contributed by atoms with Gasteiger partial charge in [-0.1, -0.05) is 63.8 Å². The molecule has 2 heterocycles. The molecule has 2 saturated heterocycles. The molecule has 0 aromatic heterocycles. The molecule has 3 rings (SSSR count). The van der Waals surface area contributed by atoms with Crippen LogP contribution in [-0.4, -0.2) is 52.2 Å². The van der Waals surface area contributed by atoms with Crippen molar-refractivity contribution in [3.63, 3.8) is 0 Å².